The fraction of sp³-hybridized carbons (Fsp3) is 0.250. The monoisotopic (exact) mass is 399 g/mol. The van der Waals surface area contributed by atoms with Crippen LogP contribution in [0.15, 0.2) is 59.6 Å². The Balaban J connectivity index is 1.49. The van der Waals surface area contributed by atoms with Crippen LogP contribution in [0.4, 0.5) is 5.69 Å². The highest BCUT2D eigenvalue weighted by molar-refractivity contribution is 8.15. The molecule has 2 amide bonds. The second kappa shape index (κ2) is 9.91. The summed E-state index contributed by atoms with van der Waals surface area (Å²) in [6.45, 7) is 0.949. The van der Waals surface area contributed by atoms with Gasteiger partial charge in [-0.1, -0.05) is 30.0 Å². The van der Waals surface area contributed by atoms with Gasteiger partial charge in [0, 0.05) is 19.2 Å². The van der Waals surface area contributed by atoms with Crippen molar-refractivity contribution in [2.45, 2.75) is 11.7 Å². The molecular weight excluding hydrogens is 378 g/mol. The Morgan fingerprint density at radius 2 is 1.86 bits per heavy atom. The van der Waals surface area contributed by atoms with Gasteiger partial charge in [0.2, 0.25) is 11.8 Å². The molecule has 1 fully saturated rings. The molecule has 28 heavy (non-hydrogen) atoms. The average molecular weight is 399 g/mol. The van der Waals surface area contributed by atoms with E-state index in [0.717, 1.165) is 5.75 Å². The van der Waals surface area contributed by atoms with E-state index in [1.165, 1.54) is 11.8 Å². The van der Waals surface area contributed by atoms with Gasteiger partial charge < -0.3 is 20.1 Å². The van der Waals surface area contributed by atoms with Crippen molar-refractivity contribution in [3.63, 3.8) is 0 Å². The molecule has 0 saturated carbocycles. The SMILES string of the molecule is COCCN=C1NC(=O)C(CC(=O)Nc2ccc(Oc3ccccc3)cc2)S1. The molecule has 3 rings (SSSR count). The number of para-hydroxylation sites is 1. The highest BCUT2D eigenvalue weighted by Gasteiger charge is 2.31. The maximum Gasteiger partial charge on any atom is 0.240 e. The van der Waals surface area contributed by atoms with Crippen molar-refractivity contribution in [2.24, 2.45) is 4.99 Å². The minimum absolute atomic E-state index is 0.0715. The first kappa shape index (κ1) is 19.9. The van der Waals surface area contributed by atoms with Gasteiger partial charge >= 0.3 is 0 Å². The van der Waals surface area contributed by atoms with Crippen LogP contribution < -0.4 is 15.4 Å². The van der Waals surface area contributed by atoms with E-state index in [1.54, 1.807) is 31.4 Å². The third-order valence-electron chi connectivity index (χ3n) is 3.82. The minimum Gasteiger partial charge on any atom is -0.457 e. The molecule has 1 aliphatic heterocycles. The number of thioether (sulfide) groups is 1. The van der Waals surface area contributed by atoms with Crippen molar-refractivity contribution in [3.8, 4) is 11.5 Å². The fourth-order valence-electron chi connectivity index (χ4n) is 2.46. The normalized spacial score (nSPS) is 17.4. The maximum atomic E-state index is 12.3. The smallest absolute Gasteiger partial charge is 0.240 e. The van der Waals surface area contributed by atoms with Crippen LogP contribution in [0.1, 0.15) is 6.42 Å². The van der Waals surface area contributed by atoms with E-state index in [9.17, 15) is 9.59 Å². The summed E-state index contributed by atoms with van der Waals surface area (Å²) >= 11 is 1.26. The number of nitrogens with zero attached hydrogens (tertiary/aromatic N) is 1. The van der Waals surface area contributed by atoms with E-state index in [1.807, 2.05) is 30.3 Å². The molecule has 7 nitrogen and oxygen atoms in total. The number of aliphatic imine (C=N–C) groups is 1. The summed E-state index contributed by atoms with van der Waals surface area (Å²) in [6.07, 6.45) is 0.0715. The topological polar surface area (TPSA) is 89.0 Å². The zero-order valence-electron chi connectivity index (χ0n) is 15.4. The predicted octanol–water partition coefficient (Wildman–Crippen LogP) is 3.04. The lowest BCUT2D eigenvalue weighted by atomic mass is 10.2. The summed E-state index contributed by atoms with van der Waals surface area (Å²) in [5.41, 5.74) is 0.641. The van der Waals surface area contributed by atoms with Crippen LogP contribution in [-0.4, -0.2) is 42.5 Å². The van der Waals surface area contributed by atoms with Crippen molar-refractivity contribution in [1.82, 2.24) is 5.32 Å². The molecule has 1 unspecified atom stereocenters. The van der Waals surface area contributed by atoms with Gasteiger partial charge in [0.25, 0.3) is 0 Å². The van der Waals surface area contributed by atoms with E-state index >= 15 is 0 Å². The first-order valence-corrected chi connectivity index (χ1v) is 9.66. The summed E-state index contributed by atoms with van der Waals surface area (Å²) in [5, 5.41) is 5.53. The van der Waals surface area contributed by atoms with Crippen LogP contribution in [0.5, 0.6) is 11.5 Å². The molecule has 1 aliphatic rings. The minimum atomic E-state index is -0.484. The molecule has 0 spiro atoms. The van der Waals surface area contributed by atoms with Crippen LogP contribution in [-0.2, 0) is 14.3 Å². The Morgan fingerprint density at radius 3 is 2.57 bits per heavy atom. The molecule has 146 valence electrons. The molecule has 0 bridgehead atoms. The zero-order chi connectivity index (χ0) is 19.8. The van der Waals surface area contributed by atoms with Crippen molar-refractivity contribution >= 4 is 34.4 Å². The number of anilines is 1. The summed E-state index contributed by atoms with van der Waals surface area (Å²) in [6, 6.07) is 16.5. The van der Waals surface area contributed by atoms with Crippen molar-refractivity contribution in [3.05, 3.63) is 54.6 Å². The number of carbonyl (C=O) groups excluding carboxylic acids is 2. The number of methoxy groups -OCH3 is 1. The van der Waals surface area contributed by atoms with Crippen LogP contribution in [0.3, 0.4) is 0 Å². The molecule has 2 N–H and O–H groups in total. The van der Waals surface area contributed by atoms with Crippen molar-refractivity contribution in [1.29, 1.82) is 0 Å². The highest BCUT2D eigenvalue weighted by atomic mass is 32.2. The first-order valence-electron chi connectivity index (χ1n) is 8.78. The lowest BCUT2D eigenvalue weighted by molar-refractivity contribution is -0.122. The molecule has 1 heterocycles. The number of rotatable bonds is 8. The second-order valence-electron chi connectivity index (χ2n) is 5.97. The van der Waals surface area contributed by atoms with Crippen LogP contribution in [0, 0.1) is 0 Å². The lowest BCUT2D eigenvalue weighted by Gasteiger charge is -2.09. The van der Waals surface area contributed by atoms with Gasteiger partial charge in [-0.05, 0) is 36.4 Å². The van der Waals surface area contributed by atoms with Gasteiger partial charge in [0.15, 0.2) is 5.17 Å². The van der Waals surface area contributed by atoms with Gasteiger partial charge in [-0.15, -0.1) is 0 Å². The van der Waals surface area contributed by atoms with Crippen LogP contribution in [0.25, 0.3) is 0 Å². The van der Waals surface area contributed by atoms with Gasteiger partial charge in [-0.25, -0.2) is 0 Å². The fourth-order valence-corrected chi connectivity index (χ4v) is 3.46. The zero-order valence-corrected chi connectivity index (χ0v) is 16.2. The largest absolute Gasteiger partial charge is 0.457 e. The predicted molar refractivity (Wildman–Crippen MR) is 110 cm³/mol. The van der Waals surface area contributed by atoms with E-state index in [0.29, 0.717) is 29.8 Å². The summed E-state index contributed by atoms with van der Waals surface area (Å²) in [7, 11) is 1.59. The number of hydrogen-bond acceptors (Lipinski definition) is 6. The van der Waals surface area contributed by atoms with Crippen LogP contribution in [0.2, 0.25) is 0 Å². The number of ether oxygens (including phenoxy) is 2. The molecule has 0 radical (unpaired) electrons. The number of benzene rings is 2. The highest BCUT2D eigenvalue weighted by Crippen LogP contribution is 2.25. The van der Waals surface area contributed by atoms with Gasteiger partial charge in [0.05, 0.1) is 13.2 Å². The van der Waals surface area contributed by atoms with Gasteiger partial charge in [-0.2, -0.15) is 0 Å². The number of amidine groups is 1. The van der Waals surface area contributed by atoms with Gasteiger partial charge in [0.1, 0.15) is 16.7 Å². The number of carbonyl (C=O) groups is 2. The third-order valence-corrected chi connectivity index (χ3v) is 4.93. The Morgan fingerprint density at radius 1 is 1.14 bits per heavy atom. The summed E-state index contributed by atoms with van der Waals surface area (Å²) < 4.78 is 10.6. The molecule has 8 heteroatoms. The molecule has 2 aromatic rings. The van der Waals surface area contributed by atoms with E-state index < -0.39 is 5.25 Å². The Labute approximate surface area is 167 Å². The van der Waals surface area contributed by atoms with Gasteiger partial charge in [-0.3, -0.25) is 14.6 Å². The number of amides is 2. The van der Waals surface area contributed by atoms with Crippen molar-refractivity contribution < 1.29 is 19.1 Å². The molecular formula is C20H21N3O4S. The maximum absolute atomic E-state index is 12.3. The van der Waals surface area contributed by atoms with E-state index in [2.05, 4.69) is 15.6 Å². The summed E-state index contributed by atoms with van der Waals surface area (Å²) in [4.78, 5) is 28.5. The Bertz CT molecular complexity index is 840. The first-order chi connectivity index (χ1) is 13.6. The van der Waals surface area contributed by atoms with Crippen LogP contribution >= 0.6 is 11.8 Å². The molecule has 1 saturated heterocycles. The molecule has 0 aromatic heterocycles. The molecule has 0 aliphatic carbocycles. The lowest BCUT2D eigenvalue weighted by Crippen LogP contribution is -2.28. The number of hydrogen-bond donors (Lipinski definition) is 2. The Kier molecular flexibility index (Phi) is 7.05. The quantitative estimate of drug-likeness (QED) is 0.666. The molecule has 1 atom stereocenters. The second-order valence-corrected chi connectivity index (χ2v) is 7.16. The Hall–Kier alpha value is -2.84. The van der Waals surface area contributed by atoms with E-state index in [4.69, 9.17) is 9.47 Å². The standard InChI is InChI=1S/C20H21N3O4S/c1-26-12-11-21-20-23-19(25)17(28-20)13-18(24)22-14-7-9-16(10-8-14)27-15-5-3-2-4-6-15/h2-10,17H,11-13H2,1H3,(H,22,24)(H,21,23,25). The summed E-state index contributed by atoms with van der Waals surface area (Å²) in [5.74, 6) is 0.976. The van der Waals surface area contributed by atoms with E-state index in [-0.39, 0.29) is 18.2 Å². The third kappa shape index (κ3) is 5.83. The molecule has 2 aromatic carbocycles. The van der Waals surface area contributed by atoms with Crippen molar-refractivity contribution in [2.75, 3.05) is 25.6 Å². The number of nitrogens with one attached hydrogen (secondary N) is 2. The average Bonchev–Trinajstić information content (AvgIpc) is 3.03.